The van der Waals surface area contributed by atoms with Gasteiger partial charge in [-0.05, 0) is 37.1 Å². The van der Waals surface area contributed by atoms with Crippen LogP contribution in [0.1, 0.15) is 18.3 Å². The highest BCUT2D eigenvalue weighted by Gasteiger charge is 2.06. The minimum absolute atomic E-state index is 0.897. The van der Waals surface area contributed by atoms with Crippen LogP contribution in [0.5, 0.6) is 5.75 Å². The van der Waals surface area contributed by atoms with Gasteiger partial charge in [0.05, 0.1) is 7.11 Å². The molecule has 1 aromatic carbocycles. The summed E-state index contributed by atoms with van der Waals surface area (Å²) in [5.41, 5.74) is 5.04. The Morgan fingerprint density at radius 3 is 2.44 bits per heavy atom. The first-order valence-corrected chi connectivity index (χ1v) is 5.57. The van der Waals surface area contributed by atoms with Gasteiger partial charge in [0.1, 0.15) is 5.75 Å². The van der Waals surface area contributed by atoms with Gasteiger partial charge in [-0.25, -0.2) is 0 Å². The van der Waals surface area contributed by atoms with Crippen LogP contribution >= 0.6 is 0 Å². The summed E-state index contributed by atoms with van der Waals surface area (Å²) in [4.78, 5) is 3.39. The molecular weight excluding hydrogens is 198 g/mol. The standard InChI is InChI=1S/C14H17NO/c1-4-14-13(9-10(2)15-14)11-5-7-12(16-3)8-6-11/h5-9,15H,4H2,1-3H3. The Morgan fingerprint density at radius 2 is 1.88 bits per heavy atom. The molecule has 1 aromatic heterocycles. The van der Waals surface area contributed by atoms with Crippen molar-refractivity contribution in [3.63, 3.8) is 0 Å². The minimum Gasteiger partial charge on any atom is -0.497 e. The fraction of sp³-hybridized carbons (Fsp3) is 0.286. The van der Waals surface area contributed by atoms with E-state index >= 15 is 0 Å². The largest absolute Gasteiger partial charge is 0.497 e. The SMILES string of the molecule is CCc1[nH]c(C)cc1-c1ccc(OC)cc1. The van der Waals surface area contributed by atoms with Crippen LogP contribution in [0.25, 0.3) is 11.1 Å². The number of aryl methyl sites for hydroxylation is 2. The highest BCUT2D eigenvalue weighted by Crippen LogP contribution is 2.26. The summed E-state index contributed by atoms with van der Waals surface area (Å²) in [5.74, 6) is 0.897. The molecule has 0 radical (unpaired) electrons. The van der Waals surface area contributed by atoms with E-state index in [-0.39, 0.29) is 0 Å². The molecule has 0 spiro atoms. The molecule has 0 aliphatic heterocycles. The van der Waals surface area contributed by atoms with Gasteiger partial charge in [0.2, 0.25) is 0 Å². The lowest BCUT2D eigenvalue weighted by Crippen LogP contribution is -1.86. The molecule has 0 unspecified atom stereocenters. The van der Waals surface area contributed by atoms with Gasteiger partial charge in [-0.3, -0.25) is 0 Å². The summed E-state index contributed by atoms with van der Waals surface area (Å²) >= 11 is 0. The average molecular weight is 215 g/mol. The summed E-state index contributed by atoms with van der Waals surface area (Å²) in [6.45, 7) is 4.25. The van der Waals surface area contributed by atoms with Crippen LogP contribution in [0.15, 0.2) is 30.3 Å². The lowest BCUT2D eigenvalue weighted by molar-refractivity contribution is 0.415. The molecule has 2 aromatic rings. The van der Waals surface area contributed by atoms with Gasteiger partial charge >= 0.3 is 0 Å². The zero-order valence-corrected chi connectivity index (χ0v) is 10.0. The summed E-state index contributed by atoms with van der Waals surface area (Å²) in [6, 6.07) is 10.4. The molecule has 0 atom stereocenters. The summed E-state index contributed by atoms with van der Waals surface area (Å²) in [7, 11) is 1.69. The number of rotatable bonds is 3. The van der Waals surface area contributed by atoms with Crippen molar-refractivity contribution >= 4 is 0 Å². The van der Waals surface area contributed by atoms with E-state index < -0.39 is 0 Å². The van der Waals surface area contributed by atoms with Gasteiger partial charge in [-0.15, -0.1) is 0 Å². The van der Waals surface area contributed by atoms with Gasteiger partial charge in [-0.2, -0.15) is 0 Å². The normalized spacial score (nSPS) is 10.4. The number of aromatic amines is 1. The molecule has 84 valence electrons. The predicted molar refractivity (Wildman–Crippen MR) is 66.9 cm³/mol. The van der Waals surface area contributed by atoms with Crippen LogP contribution < -0.4 is 4.74 Å². The van der Waals surface area contributed by atoms with E-state index in [1.54, 1.807) is 7.11 Å². The predicted octanol–water partition coefficient (Wildman–Crippen LogP) is 3.56. The second-order valence-electron chi connectivity index (χ2n) is 3.93. The number of ether oxygens (including phenoxy) is 1. The third kappa shape index (κ3) is 1.96. The van der Waals surface area contributed by atoms with Gasteiger partial charge in [-0.1, -0.05) is 19.1 Å². The van der Waals surface area contributed by atoms with Crippen molar-refractivity contribution in [3.8, 4) is 16.9 Å². The maximum Gasteiger partial charge on any atom is 0.118 e. The maximum atomic E-state index is 5.16. The number of methoxy groups -OCH3 is 1. The topological polar surface area (TPSA) is 25.0 Å². The molecule has 2 nitrogen and oxygen atoms in total. The number of aromatic nitrogens is 1. The quantitative estimate of drug-likeness (QED) is 0.832. The van der Waals surface area contributed by atoms with Gasteiger partial charge in [0.25, 0.3) is 0 Å². The highest BCUT2D eigenvalue weighted by atomic mass is 16.5. The van der Waals surface area contributed by atoms with Crippen molar-refractivity contribution < 1.29 is 4.74 Å². The fourth-order valence-electron chi connectivity index (χ4n) is 1.95. The van der Waals surface area contributed by atoms with E-state index in [1.165, 1.54) is 22.5 Å². The van der Waals surface area contributed by atoms with E-state index in [9.17, 15) is 0 Å². The van der Waals surface area contributed by atoms with Crippen molar-refractivity contribution in [2.45, 2.75) is 20.3 Å². The van der Waals surface area contributed by atoms with E-state index in [0.717, 1.165) is 12.2 Å². The van der Waals surface area contributed by atoms with Crippen molar-refractivity contribution in [2.75, 3.05) is 7.11 Å². The lowest BCUT2D eigenvalue weighted by Gasteiger charge is -2.03. The molecule has 16 heavy (non-hydrogen) atoms. The second-order valence-corrected chi connectivity index (χ2v) is 3.93. The molecular formula is C14H17NO. The van der Waals surface area contributed by atoms with Crippen LogP contribution in [-0.2, 0) is 6.42 Å². The summed E-state index contributed by atoms with van der Waals surface area (Å²) in [5, 5.41) is 0. The molecule has 0 fully saturated rings. The molecule has 0 saturated heterocycles. The number of hydrogen-bond acceptors (Lipinski definition) is 1. The first kappa shape index (κ1) is 10.8. The van der Waals surface area contributed by atoms with Crippen LogP contribution in [0.2, 0.25) is 0 Å². The smallest absolute Gasteiger partial charge is 0.118 e. The van der Waals surface area contributed by atoms with Gasteiger partial charge in [0, 0.05) is 17.0 Å². The molecule has 0 amide bonds. The Labute approximate surface area is 96.3 Å². The van der Waals surface area contributed by atoms with E-state index in [0.29, 0.717) is 0 Å². The Hall–Kier alpha value is -1.70. The third-order valence-corrected chi connectivity index (χ3v) is 2.79. The van der Waals surface area contributed by atoms with E-state index in [2.05, 4.69) is 37.0 Å². The lowest BCUT2D eigenvalue weighted by atomic mass is 10.0. The van der Waals surface area contributed by atoms with Crippen molar-refractivity contribution in [1.82, 2.24) is 4.98 Å². The molecule has 1 N–H and O–H groups in total. The maximum absolute atomic E-state index is 5.16. The molecule has 0 aliphatic carbocycles. The average Bonchev–Trinajstić information content (AvgIpc) is 2.70. The van der Waals surface area contributed by atoms with Crippen molar-refractivity contribution in [1.29, 1.82) is 0 Å². The molecule has 1 heterocycles. The fourth-order valence-corrected chi connectivity index (χ4v) is 1.95. The highest BCUT2D eigenvalue weighted by molar-refractivity contribution is 5.67. The number of nitrogens with one attached hydrogen (secondary N) is 1. The molecule has 0 aliphatic rings. The minimum atomic E-state index is 0.897. The Balaban J connectivity index is 2.41. The number of H-pyrrole nitrogens is 1. The third-order valence-electron chi connectivity index (χ3n) is 2.79. The molecule has 0 bridgehead atoms. The zero-order chi connectivity index (χ0) is 11.5. The Kier molecular flexibility index (Phi) is 3.00. The molecule has 0 saturated carbocycles. The second kappa shape index (κ2) is 4.44. The van der Waals surface area contributed by atoms with Crippen molar-refractivity contribution in [2.24, 2.45) is 0 Å². The van der Waals surface area contributed by atoms with Crippen LogP contribution in [0, 0.1) is 6.92 Å². The number of benzene rings is 1. The Morgan fingerprint density at radius 1 is 1.19 bits per heavy atom. The molecule has 2 heteroatoms. The van der Waals surface area contributed by atoms with Gasteiger partial charge in [0.15, 0.2) is 0 Å². The summed E-state index contributed by atoms with van der Waals surface area (Å²) < 4.78 is 5.16. The van der Waals surface area contributed by atoms with E-state index in [4.69, 9.17) is 4.74 Å². The first-order valence-electron chi connectivity index (χ1n) is 5.57. The van der Waals surface area contributed by atoms with E-state index in [1.807, 2.05) is 12.1 Å². The van der Waals surface area contributed by atoms with Crippen LogP contribution in [0.4, 0.5) is 0 Å². The van der Waals surface area contributed by atoms with Gasteiger partial charge < -0.3 is 9.72 Å². The summed E-state index contributed by atoms with van der Waals surface area (Å²) in [6.07, 6.45) is 1.02. The number of hydrogen-bond donors (Lipinski definition) is 1. The Bertz CT molecular complexity index is 468. The first-order chi connectivity index (χ1) is 7.74. The zero-order valence-electron chi connectivity index (χ0n) is 10.0. The van der Waals surface area contributed by atoms with Crippen LogP contribution in [-0.4, -0.2) is 12.1 Å². The molecule has 2 rings (SSSR count). The van der Waals surface area contributed by atoms with Crippen molar-refractivity contribution in [3.05, 3.63) is 41.7 Å². The monoisotopic (exact) mass is 215 g/mol. The van der Waals surface area contributed by atoms with Crippen LogP contribution in [0.3, 0.4) is 0 Å².